The zero-order valence-electron chi connectivity index (χ0n) is 16.8. The molecule has 0 saturated heterocycles. The highest BCUT2D eigenvalue weighted by Gasteiger charge is 2.04. The first kappa shape index (κ1) is 20.6. The largest absolute Gasteiger partial charge is 0.378 e. The lowest BCUT2D eigenvalue weighted by Crippen LogP contribution is -2.24. The summed E-state index contributed by atoms with van der Waals surface area (Å²) in [6.45, 7) is 5.16. The monoisotopic (exact) mass is 366 g/mol. The maximum atomic E-state index is 12.2. The fraction of sp³-hybridized carbons (Fsp3) is 0.409. The Balaban J connectivity index is 1.84. The molecule has 2 rings (SSSR count). The molecule has 0 aliphatic rings. The fourth-order valence-electron chi connectivity index (χ4n) is 2.59. The second-order valence-electron chi connectivity index (χ2n) is 7.30. The molecule has 5 heteroatoms. The molecule has 2 aromatic rings. The average molecular weight is 367 g/mol. The third-order valence-electron chi connectivity index (χ3n) is 4.27. The lowest BCUT2D eigenvalue weighted by molar-refractivity contribution is 0.0953. The minimum atomic E-state index is -0.0395. The lowest BCUT2D eigenvalue weighted by atomic mass is 10.1. The van der Waals surface area contributed by atoms with Crippen molar-refractivity contribution in [2.45, 2.75) is 33.1 Å². The number of hydrogen-bond acceptors (Lipinski definition) is 4. The summed E-state index contributed by atoms with van der Waals surface area (Å²) in [4.78, 5) is 14.2. The van der Waals surface area contributed by atoms with Crippen molar-refractivity contribution >= 4 is 23.0 Å². The predicted molar refractivity (Wildman–Crippen MR) is 112 cm³/mol. The Kier molecular flexibility index (Phi) is 7.99. The second kappa shape index (κ2) is 10.5. The third-order valence-corrected chi connectivity index (χ3v) is 4.27. The minimum Gasteiger partial charge on any atom is -0.378 e. The number of benzene rings is 2. The smallest absolute Gasteiger partial charge is 0.251 e. The van der Waals surface area contributed by atoms with Crippen molar-refractivity contribution in [1.29, 1.82) is 0 Å². The van der Waals surface area contributed by atoms with Gasteiger partial charge in [0.15, 0.2) is 0 Å². The van der Waals surface area contributed by atoms with Crippen LogP contribution in [0.1, 0.15) is 43.5 Å². The summed E-state index contributed by atoms with van der Waals surface area (Å²) in [5.74, 6) is 0.677. The summed E-state index contributed by atoms with van der Waals surface area (Å²) < 4.78 is 0. The molecule has 0 aromatic heterocycles. The molecule has 2 aromatic carbocycles. The molecule has 0 heterocycles. The van der Waals surface area contributed by atoms with E-state index in [1.54, 1.807) is 12.1 Å². The van der Waals surface area contributed by atoms with Crippen LogP contribution < -0.4 is 10.2 Å². The van der Waals surface area contributed by atoms with Gasteiger partial charge in [0.05, 0.1) is 11.4 Å². The summed E-state index contributed by atoms with van der Waals surface area (Å²) in [5, 5.41) is 11.4. The van der Waals surface area contributed by atoms with Gasteiger partial charge in [0.1, 0.15) is 0 Å². The van der Waals surface area contributed by atoms with Crippen LogP contribution in [0, 0.1) is 5.92 Å². The van der Waals surface area contributed by atoms with Crippen molar-refractivity contribution in [1.82, 2.24) is 5.32 Å². The first-order valence-corrected chi connectivity index (χ1v) is 9.53. The number of amides is 1. The van der Waals surface area contributed by atoms with Crippen molar-refractivity contribution in [3.8, 4) is 0 Å². The number of rotatable bonds is 9. The number of carbonyl (C=O) groups is 1. The Morgan fingerprint density at radius 2 is 1.48 bits per heavy atom. The van der Waals surface area contributed by atoms with Crippen molar-refractivity contribution in [3.05, 3.63) is 54.1 Å². The molecule has 0 fully saturated rings. The maximum Gasteiger partial charge on any atom is 0.251 e. The van der Waals surface area contributed by atoms with Gasteiger partial charge in [0.2, 0.25) is 0 Å². The average Bonchev–Trinajstić information content (AvgIpc) is 2.66. The SMILES string of the molecule is CC(C)CCCCNC(=O)c1ccc(N=Nc2ccc(N(C)C)cc2)cc1. The second-order valence-corrected chi connectivity index (χ2v) is 7.30. The topological polar surface area (TPSA) is 57.1 Å². The molecule has 0 spiro atoms. The van der Waals surface area contributed by atoms with Crippen molar-refractivity contribution in [2.75, 3.05) is 25.5 Å². The van der Waals surface area contributed by atoms with E-state index in [1.165, 1.54) is 6.42 Å². The molecule has 5 nitrogen and oxygen atoms in total. The molecule has 27 heavy (non-hydrogen) atoms. The summed E-state index contributed by atoms with van der Waals surface area (Å²) in [6, 6.07) is 15.1. The fourth-order valence-corrected chi connectivity index (χ4v) is 2.59. The van der Waals surface area contributed by atoms with E-state index in [-0.39, 0.29) is 5.91 Å². The van der Waals surface area contributed by atoms with Crippen molar-refractivity contribution < 1.29 is 4.79 Å². The normalized spacial score (nSPS) is 11.1. The molecule has 0 aliphatic carbocycles. The van der Waals surface area contributed by atoms with Crippen LogP contribution in [0.15, 0.2) is 58.8 Å². The summed E-state index contributed by atoms with van der Waals surface area (Å²) >= 11 is 0. The molecule has 0 radical (unpaired) electrons. The van der Waals surface area contributed by atoms with E-state index in [9.17, 15) is 4.79 Å². The Hall–Kier alpha value is -2.69. The van der Waals surface area contributed by atoms with E-state index in [0.29, 0.717) is 11.5 Å². The molecule has 0 atom stereocenters. The minimum absolute atomic E-state index is 0.0395. The van der Waals surface area contributed by atoms with Gasteiger partial charge in [-0.15, -0.1) is 0 Å². The molecule has 0 aliphatic heterocycles. The quantitative estimate of drug-likeness (QED) is 0.455. The number of nitrogens with one attached hydrogen (secondary N) is 1. The van der Waals surface area contributed by atoms with E-state index in [1.807, 2.05) is 55.4 Å². The summed E-state index contributed by atoms with van der Waals surface area (Å²) in [6.07, 6.45) is 3.36. The first-order valence-electron chi connectivity index (χ1n) is 9.53. The van der Waals surface area contributed by atoms with Crippen LogP contribution in [-0.4, -0.2) is 26.5 Å². The molecule has 1 N–H and O–H groups in total. The highest BCUT2D eigenvalue weighted by molar-refractivity contribution is 5.94. The van der Waals surface area contributed by atoms with Gasteiger partial charge in [-0.25, -0.2) is 0 Å². The Bertz CT molecular complexity index is 734. The van der Waals surface area contributed by atoms with Crippen LogP contribution in [0.4, 0.5) is 17.1 Å². The van der Waals surface area contributed by atoms with Crippen molar-refractivity contribution in [3.63, 3.8) is 0 Å². The van der Waals surface area contributed by atoms with E-state index in [2.05, 4.69) is 29.4 Å². The van der Waals surface area contributed by atoms with Gasteiger partial charge in [-0.2, -0.15) is 10.2 Å². The highest BCUT2D eigenvalue weighted by Crippen LogP contribution is 2.21. The number of nitrogens with zero attached hydrogens (tertiary/aromatic N) is 3. The molecular weight excluding hydrogens is 336 g/mol. The van der Waals surface area contributed by atoms with Crippen LogP contribution in [0.25, 0.3) is 0 Å². The predicted octanol–water partition coefficient (Wildman–Crippen LogP) is 5.72. The number of azo groups is 1. The van der Waals surface area contributed by atoms with Gasteiger partial charge in [-0.05, 0) is 60.9 Å². The van der Waals surface area contributed by atoms with Gasteiger partial charge >= 0.3 is 0 Å². The Morgan fingerprint density at radius 3 is 2.00 bits per heavy atom. The highest BCUT2D eigenvalue weighted by atomic mass is 16.1. The van der Waals surface area contributed by atoms with Gasteiger partial charge in [-0.3, -0.25) is 4.79 Å². The molecule has 144 valence electrons. The zero-order chi connectivity index (χ0) is 19.6. The van der Waals surface area contributed by atoms with Gasteiger partial charge in [0.25, 0.3) is 5.91 Å². The summed E-state index contributed by atoms with van der Waals surface area (Å²) in [5.41, 5.74) is 3.28. The molecule has 0 bridgehead atoms. The maximum absolute atomic E-state index is 12.2. The standard InChI is InChI=1S/C22H30N4O/c1-17(2)7-5-6-16-23-22(27)18-8-10-19(11-9-18)24-25-20-12-14-21(15-13-20)26(3)4/h8-15,17H,5-7,16H2,1-4H3,(H,23,27). The van der Waals surface area contributed by atoms with Crippen molar-refractivity contribution in [2.24, 2.45) is 16.1 Å². The van der Waals surface area contributed by atoms with Crippen LogP contribution in [0.5, 0.6) is 0 Å². The van der Waals surface area contributed by atoms with E-state index in [4.69, 9.17) is 0 Å². The molecule has 1 amide bonds. The van der Waals surface area contributed by atoms with Gasteiger partial charge in [0, 0.05) is 31.9 Å². The molecular formula is C22H30N4O. The third kappa shape index (κ3) is 7.21. The van der Waals surface area contributed by atoms with Crippen LogP contribution in [0.3, 0.4) is 0 Å². The van der Waals surface area contributed by atoms with E-state index >= 15 is 0 Å². The first-order chi connectivity index (χ1) is 13.0. The van der Waals surface area contributed by atoms with Crippen LogP contribution >= 0.6 is 0 Å². The van der Waals surface area contributed by atoms with E-state index < -0.39 is 0 Å². The number of hydrogen-bond donors (Lipinski definition) is 1. The van der Waals surface area contributed by atoms with Crippen LogP contribution in [0.2, 0.25) is 0 Å². The number of unbranched alkanes of at least 4 members (excludes halogenated alkanes) is 1. The zero-order valence-corrected chi connectivity index (χ0v) is 16.8. The van der Waals surface area contributed by atoms with E-state index in [0.717, 1.165) is 36.4 Å². The number of carbonyl (C=O) groups excluding carboxylic acids is 1. The molecule has 0 saturated carbocycles. The number of anilines is 1. The Morgan fingerprint density at radius 1 is 0.926 bits per heavy atom. The lowest BCUT2D eigenvalue weighted by Gasteiger charge is -2.11. The van der Waals surface area contributed by atoms with Crippen LogP contribution in [-0.2, 0) is 0 Å². The van der Waals surface area contributed by atoms with Gasteiger partial charge < -0.3 is 10.2 Å². The summed E-state index contributed by atoms with van der Waals surface area (Å²) in [7, 11) is 4.00. The van der Waals surface area contributed by atoms with Gasteiger partial charge in [-0.1, -0.05) is 26.7 Å². The Labute approximate surface area is 162 Å². The molecule has 0 unspecified atom stereocenters.